The van der Waals surface area contributed by atoms with Crippen molar-refractivity contribution in [2.45, 2.75) is 40.5 Å². The van der Waals surface area contributed by atoms with Gasteiger partial charge in [0.25, 0.3) is 0 Å². The molecule has 1 nitrogen and oxygen atoms in total. The molecule has 0 heterocycles. The Morgan fingerprint density at radius 1 is 1.54 bits per heavy atom. The van der Waals surface area contributed by atoms with Crippen LogP contribution in [0.25, 0.3) is 0 Å². The molecule has 0 spiro atoms. The minimum atomic E-state index is -0.232. The normalized spacial score (nSPS) is 23.5. The first-order chi connectivity index (χ1) is 5.97. The highest BCUT2D eigenvalue weighted by Crippen LogP contribution is 2.38. The fraction of sp³-hybridized carbons (Fsp3) is 0.750. The third-order valence-corrected chi connectivity index (χ3v) is 3.14. The van der Waals surface area contributed by atoms with Gasteiger partial charge in [0.1, 0.15) is 6.29 Å². The molecule has 0 saturated carbocycles. The fourth-order valence-corrected chi connectivity index (χ4v) is 1.89. The molecule has 0 bridgehead atoms. The second kappa shape index (κ2) is 3.65. The molecule has 0 aromatic carbocycles. The van der Waals surface area contributed by atoms with Crippen molar-refractivity contribution in [1.82, 2.24) is 0 Å². The van der Waals surface area contributed by atoms with E-state index < -0.39 is 0 Å². The summed E-state index contributed by atoms with van der Waals surface area (Å²) >= 11 is 0. The number of carbonyl (C=O) groups excluding carboxylic acids is 1. The third kappa shape index (κ3) is 2.20. The van der Waals surface area contributed by atoms with E-state index in [1.807, 2.05) is 13.8 Å². The summed E-state index contributed by atoms with van der Waals surface area (Å²) in [5.41, 5.74) is 1.10. The van der Waals surface area contributed by atoms with Crippen LogP contribution in [0.3, 0.4) is 0 Å². The average Bonchev–Trinajstić information content (AvgIpc) is 2.52. The number of aldehydes is 1. The lowest BCUT2D eigenvalue weighted by Crippen LogP contribution is -2.14. The van der Waals surface area contributed by atoms with Gasteiger partial charge in [0, 0.05) is 5.41 Å². The van der Waals surface area contributed by atoms with E-state index >= 15 is 0 Å². The standard InChI is InChI=1S/C12H20O/c1-9(2)10-5-6-11(7-10)12(3,4)8-13/h7-10H,5-6H2,1-4H3. The number of allylic oxidation sites excluding steroid dienone is 2. The lowest BCUT2D eigenvalue weighted by molar-refractivity contribution is -0.113. The molecule has 13 heavy (non-hydrogen) atoms. The Morgan fingerprint density at radius 3 is 2.54 bits per heavy atom. The minimum absolute atomic E-state index is 0.232. The molecule has 1 unspecified atom stereocenters. The highest BCUT2D eigenvalue weighted by atomic mass is 16.1. The van der Waals surface area contributed by atoms with E-state index in [1.165, 1.54) is 12.0 Å². The lowest BCUT2D eigenvalue weighted by Gasteiger charge is -2.18. The van der Waals surface area contributed by atoms with E-state index in [4.69, 9.17) is 0 Å². The molecular weight excluding hydrogens is 160 g/mol. The van der Waals surface area contributed by atoms with E-state index in [1.54, 1.807) is 0 Å². The molecule has 74 valence electrons. The Bertz CT molecular complexity index is 223. The highest BCUT2D eigenvalue weighted by molar-refractivity contribution is 5.64. The summed E-state index contributed by atoms with van der Waals surface area (Å²) in [6.45, 7) is 8.51. The van der Waals surface area contributed by atoms with E-state index in [2.05, 4.69) is 19.9 Å². The second-order valence-corrected chi connectivity index (χ2v) is 4.98. The monoisotopic (exact) mass is 180 g/mol. The first-order valence-corrected chi connectivity index (χ1v) is 5.15. The molecule has 1 heteroatoms. The molecule has 1 aliphatic rings. The zero-order valence-corrected chi connectivity index (χ0v) is 9.13. The predicted octanol–water partition coefficient (Wildman–Crippen LogP) is 3.20. The smallest absolute Gasteiger partial charge is 0.129 e. The van der Waals surface area contributed by atoms with Gasteiger partial charge >= 0.3 is 0 Å². The van der Waals surface area contributed by atoms with Gasteiger partial charge in [-0.05, 0) is 38.5 Å². The molecule has 1 atom stereocenters. The van der Waals surface area contributed by atoms with Crippen LogP contribution in [-0.2, 0) is 4.79 Å². The number of rotatable bonds is 3. The van der Waals surface area contributed by atoms with Gasteiger partial charge in [-0.2, -0.15) is 0 Å². The maximum absolute atomic E-state index is 10.8. The Hall–Kier alpha value is -0.590. The van der Waals surface area contributed by atoms with E-state index in [9.17, 15) is 4.79 Å². The van der Waals surface area contributed by atoms with Crippen LogP contribution in [0.2, 0.25) is 0 Å². The SMILES string of the molecule is CC(C)C1C=C(C(C)(C)C=O)CC1. The van der Waals surface area contributed by atoms with Crippen LogP contribution >= 0.6 is 0 Å². The molecule has 0 aliphatic heterocycles. The van der Waals surface area contributed by atoms with Gasteiger partial charge in [-0.15, -0.1) is 0 Å². The Kier molecular flexibility index (Phi) is 2.94. The molecule has 0 radical (unpaired) electrons. The van der Waals surface area contributed by atoms with Gasteiger partial charge in [-0.25, -0.2) is 0 Å². The third-order valence-electron chi connectivity index (χ3n) is 3.14. The van der Waals surface area contributed by atoms with E-state index in [0.717, 1.165) is 12.7 Å². The quantitative estimate of drug-likeness (QED) is 0.481. The molecule has 0 saturated heterocycles. The van der Waals surface area contributed by atoms with Crippen LogP contribution in [0, 0.1) is 17.3 Å². The molecule has 1 rings (SSSR count). The molecule has 1 aliphatic carbocycles. The Labute approximate surface area is 81.2 Å². The largest absolute Gasteiger partial charge is 0.302 e. The Balaban J connectivity index is 2.74. The fourth-order valence-electron chi connectivity index (χ4n) is 1.89. The highest BCUT2D eigenvalue weighted by Gasteiger charge is 2.28. The van der Waals surface area contributed by atoms with Gasteiger partial charge in [0.05, 0.1) is 0 Å². The van der Waals surface area contributed by atoms with Crippen LogP contribution in [0.5, 0.6) is 0 Å². The molecular formula is C12H20O. The summed E-state index contributed by atoms with van der Waals surface area (Å²) in [6.07, 6.45) is 5.72. The molecule has 0 aromatic rings. The maximum Gasteiger partial charge on any atom is 0.129 e. The van der Waals surface area contributed by atoms with Crippen molar-refractivity contribution in [3.63, 3.8) is 0 Å². The van der Waals surface area contributed by atoms with Crippen molar-refractivity contribution >= 4 is 6.29 Å². The molecule has 0 fully saturated rings. The van der Waals surface area contributed by atoms with Crippen molar-refractivity contribution in [1.29, 1.82) is 0 Å². The van der Waals surface area contributed by atoms with Gasteiger partial charge in [0.2, 0.25) is 0 Å². The van der Waals surface area contributed by atoms with E-state index in [0.29, 0.717) is 11.8 Å². The van der Waals surface area contributed by atoms with Crippen molar-refractivity contribution in [2.24, 2.45) is 17.3 Å². The second-order valence-electron chi connectivity index (χ2n) is 4.98. The summed E-state index contributed by atoms with van der Waals surface area (Å²) < 4.78 is 0. The van der Waals surface area contributed by atoms with Crippen molar-refractivity contribution in [3.05, 3.63) is 11.6 Å². The molecule has 0 aromatic heterocycles. The van der Waals surface area contributed by atoms with Gasteiger partial charge in [-0.3, -0.25) is 0 Å². The summed E-state index contributed by atoms with van der Waals surface area (Å²) in [7, 11) is 0. The van der Waals surface area contributed by atoms with Crippen LogP contribution in [0.15, 0.2) is 11.6 Å². The first-order valence-electron chi connectivity index (χ1n) is 5.15. The average molecular weight is 180 g/mol. The number of carbonyl (C=O) groups is 1. The summed E-state index contributed by atoms with van der Waals surface area (Å²) in [5, 5.41) is 0. The summed E-state index contributed by atoms with van der Waals surface area (Å²) in [4.78, 5) is 10.8. The zero-order valence-electron chi connectivity index (χ0n) is 9.13. The maximum atomic E-state index is 10.8. The van der Waals surface area contributed by atoms with Crippen molar-refractivity contribution in [2.75, 3.05) is 0 Å². The van der Waals surface area contributed by atoms with Crippen LogP contribution in [0.1, 0.15) is 40.5 Å². The molecule has 0 N–H and O–H groups in total. The summed E-state index contributed by atoms with van der Waals surface area (Å²) in [6, 6.07) is 0. The van der Waals surface area contributed by atoms with Crippen LogP contribution in [-0.4, -0.2) is 6.29 Å². The van der Waals surface area contributed by atoms with Gasteiger partial charge in [-0.1, -0.05) is 25.5 Å². The van der Waals surface area contributed by atoms with Crippen molar-refractivity contribution < 1.29 is 4.79 Å². The van der Waals surface area contributed by atoms with E-state index in [-0.39, 0.29) is 5.41 Å². The molecule has 0 amide bonds. The minimum Gasteiger partial charge on any atom is -0.302 e. The zero-order chi connectivity index (χ0) is 10.1. The van der Waals surface area contributed by atoms with Gasteiger partial charge in [0.15, 0.2) is 0 Å². The van der Waals surface area contributed by atoms with Crippen LogP contribution < -0.4 is 0 Å². The lowest BCUT2D eigenvalue weighted by atomic mass is 9.85. The summed E-state index contributed by atoms with van der Waals surface area (Å²) in [5.74, 6) is 1.40. The number of hydrogen-bond donors (Lipinski definition) is 0. The first kappa shape index (κ1) is 10.5. The number of hydrogen-bond acceptors (Lipinski definition) is 1. The topological polar surface area (TPSA) is 17.1 Å². The Morgan fingerprint density at radius 2 is 2.15 bits per heavy atom. The van der Waals surface area contributed by atoms with Crippen molar-refractivity contribution in [3.8, 4) is 0 Å². The van der Waals surface area contributed by atoms with Crippen LogP contribution in [0.4, 0.5) is 0 Å². The van der Waals surface area contributed by atoms with Gasteiger partial charge < -0.3 is 4.79 Å². The predicted molar refractivity (Wildman–Crippen MR) is 55.5 cm³/mol.